The van der Waals surface area contributed by atoms with Gasteiger partial charge in [0, 0.05) is 0 Å². The van der Waals surface area contributed by atoms with Crippen molar-refractivity contribution in [3.05, 3.63) is 0 Å². The third kappa shape index (κ3) is 39.8. The quantitative estimate of drug-likeness (QED) is 0.290. The fraction of sp³-hybridized carbons (Fsp3) is 0. The summed E-state index contributed by atoms with van der Waals surface area (Å²) >= 11 is 0. The summed E-state index contributed by atoms with van der Waals surface area (Å²) in [4.78, 5) is 0. The van der Waals surface area contributed by atoms with Gasteiger partial charge in [0.05, 0.1) is 0 Å². The zero-order valence-corrected chi connectivity index (χ0v) is 7.18. The van der Waals surface area contributed by atoms with Gasteiger partial charge in [-0.1, -0.05) is 0 Å². The third-order valence-electron chi connectivity index (χ3n) is 0. The van der Waals surface area contributed by atoms with Gasteiger partial charge in [0.1, 0.15) is 0 Å². The first kappa shape index (κ1) is 15.7. The van der Waals surface area contributed by atoms with E-state index in [9.17, 15) is 0 Å². The predicted molar refractivity (Wildman–Crippen MR) is 12.4 cm³/mol. The molecule has 0 amide bonds. The molecule has 0 radical (unpaired) electrons. The van der Waals surface area contributed by atoms with E-state index in [1.165, 1.54) is 0 Å². The van der Waals surface area contributed by atoms with Gasteiger partial charge in [-0.05, 0) is 0 Å². The Morgan fingerprint density at radius 3 is 1.00 bits per heavy atom. The maximum absolute atomic E-state index is 7.17. The molecule has 0 spiro atoms. The van der Waals surface area contributed by atoms with E-state index in [1.54, 1.807) is 0 Å². The molecule has 0 aliphatic rings. The summed E-state index contributed by atoms with van der Waals surface area (Å²) in [5, 5.41) is 21.5. The molecule has 3 nitrogen and oxygen atoms in total. The summed E-state index contributed by atoms with van der Waals surface area (Å²) in [7, 11) is -2.17. The van der Waals surface area contributed by atoms with Gasteiger partial charge in [0.2, 0.25) is 0 Å². The molecule has 0 saturated carbocycles. The molecule has 0 bridgehead atoms. The Balaban J connectivity index is -0.0000000450. The van der Waals surface area contributed by atoms with E-state index in [4.69, 9.17) is 15.1 Å². The van der Waals surface area contributed by atoms with Crippen molar-refractivity contribution in [3.63, 3.8) is 0 Å². The van der Waals surface area contributed by atoms with E-state index in [0.717, 1.165) is 0 Å². The van der Waals surface area contributed by atoms with Crippen molar-refractivity contribution in [2.75, 3.05) is 0 Å². The molecular weight excluding hydrogens is 133 g/mol. The van der Waals surface area contributed by atoms with E-state index < -0.39 is 7.32 Å². The number of rotatable bonds is 0. The van der Waals surface area contributed by atoms with Crippen LogP contribution in [0, 0.1) is 0 Å². The van der Waals surface area contributed by atoms with Crippen molar-refractivity contribution < 1.29 is 78.9 Å². The molecule has 6 heteroatoms. The van der Waals surface area contributed by atoms with Crippen LogP contribution >= 0.6 is 0 Å². The van der Waals surface area contributed by atoms with Crippen LogP contribution in [0.1, 0.15) is 0 Å². The second-order valence-electron chi connectivity index (χ2n) is 0.346. The minimum atomic E-state index is -2.17. The van der Waals surface area contributed by atoms with E-state index in [0.29, 0.717) is 0 Å². The van der Waals surface area contributed by atoms with Gasteiger partial charge in [0.15, 0.2) is 0 Å². The van der Waals surface area contributed by atoms with Crippen LogP contribution in [0.15, 0.2) is 0 Å². The molecule has 0 fully saturated rings. The second kappa shape index (κ2) is 9.98. The van der Waals surface area contributed by atoms with Crippen LogP contribution in [-0.4, -0.2) is 22.4 Å². The largest absolute Gasteiger partial charge is 1.00 e. The Kier molecular flexibility index (Phi) is 26.1. The normalized spacial score (nSPS) is 4.50. The van der Waals surface area contributed by atoms with E-state index in [1.807, 2.05) is 0 Å². The Morgan fingerprint density at radius 2 is 1.00 bits per heavy atom. The summed E-state index contributed by atoms with van der Waals surface area (Å²) in [5.74, 6) is 0. The van der Waals surface area contributed by atoms with Crippen molar-refractivity contribution in [2.24, 2.45) is 0 Å². The fourth-order valence-corrected chi connectivity index (χ4v) is 0. The minimum absolute atomic E-state index is 0. The molecule has 0 aromatic rings. The Morgan fingerprint density at radius 1 is 1.00 bits per heavy atom. The van der Waals surface area contributed by atoms with Crippen LogP contribution in [0.3, 0.4) is 0 Å². The Bertz CT molecular complexity index is 15.5. The molecule has 32 valence electrons. The predicted octanol–water partition coefficient (Wildman–Crippen LogP) is -8.04. The maximum Gasteiger partial charge on any atom is 1.00 e. The smallest absolute Gasteiger partial charge is 1.00 e. The monoisotopic (exact) mass is 136 g/mol. The van der Waals surface area contributed by atoms with Crippen LogP contribution in [0.4, 0.5) is 0 Å². The molecule has 0 saturated heterocycles. The van der Waals surface area contributed by atoms with Gasteiger partial charge < -0.3 is 27.5 Å². The first-order valence-electron chi connectivity index (χ1n) is 0.775. The summed E-state index contributed by atoms with van der Waals surface area (Å²) in [6, 6.07) is 0. The average Bonchev–Trinajstić information content (AvgIpc) is 0.811. The standard InChI is InChI=1S/BH3O3.ClH.K/c2-1(3)4;;/h2-4H;1H;/q;;+1/p-1. The summed E-state index contributed by atoms with van der Waals surface area (Å²) in [6.07, 6.45) is 0. The zero-order chi connectivity index (χ0) is 3.58. The molecule has 6 heavy (non-hydrogen) atoms. The molecule has 0 unspecified atom stereocenters. The van der Waals surface area contributed by atoms with Crippen molar-refractivity contribution >= 4 is 7.32 Å². The zero-order valence-electron chi connectivity index (χ0n) is 3.30. The van der Waals surface area contributed by atoms with Crippen LogP contribution in [0.25, 0.3) is 0 Å². The van der Waals surface area contributed by atoms with Crippen molar-refractivity contribution in [1.82, 2.24) is 0 Å². The van der Waals surface area contributed by atoms with E-state index in [-0.39, 0.29) is 63.8 Å². The Labute approximate surface area is 84.8 Å². The van der Waals surface area contributed by atoms with Gasteiger partial charge >= 0.3 is 58.7 Å². The fourth-order valence-electron chi connectivity index (χ4n) is 0. The second-order valence-corrected chi connectivity index (χ2v) is 0.346. The van der Waals surface area contributed by atoms with Crippen molar-refractivity contribution in [3.8, 4) is 0 Å². The molecule has 0 atom stereocenters. The summed E-state index contributed by atoms with van der Waals surface area (Å²) in [6.45, 7) is 0. The van der Waals surface area contributed by atoms with Crippen LogP contribution in [-0.2, 0) is 0 Å². The first-order chi connectivity index (χ1) is 1.73. The third-order valence-corrected chi connectivity index (χ3v) is 0. The van der Waals surface area contributed by atoms with Crippen LogP contribution < -0.4 is 63.8 Å². The molecule has 0 heterocycles. The van der Waals surface area contributed by atoms with Crippen LogP contribution in [0.2, 0.25) is 0 Å². The minimum Gasteiger partial charge on any atom is -1.00 e. The SMILES string of the molecule is OB(O)O.[Cl-].[K+]. The molecule has 0 rings (SSSR count). The first-order valence-corrected chi connectivity index (χ1v) is 0.775. The van der Waals surface area contributed by atoms with E-state index >= 15 is 0 Å². The molecule has 0 aromatic carbocycles. The number of halogens is 1. The van der Waals surface area contributed by atoms with Gasteiger partial charge in [-0.3, -0.25) is 0 Å². The molecule has 0 aromatic heterocycles. The van der Waals surface area contributed by atoms with E-state index in [2.05, 4.69) is 0 Å². The molecule has 0 aliphatic carbocycles. The molecular formula is H3BClKO3. The summed E-state index contributed by atoms with van der Waals surface area (Å²) in [5.41, 5.74) is 0. The average molecular weight is 136 g/mol. The summed E-state index contributed by atoms with van der Waals surface area (Å²) < 4.78 is 0. The van der Waals surface area contributed by atoms with Gasteiger partial charge in [-0.15, -0.1) is 0 Å². The van der Waals surface area contributed by atoms with Gasteiger partial charge in [-0.25, -0.2) is 0 Å². The van der Waals surface area contributed by atoms with Crippen molar-refractivity contribution in [2.45, 2.75) is 0 Å². The Hall–Kier alpha value is 1.87. The maximum atomic E-state index is 7.17. The van der Waals surface area contributed by atoms with Crippen LogP contribution in [0.5, 0.6) is 0 Å². The topological polar surface area (TPSA) is 60.7 Å². The van der Waals surface area contributed by atoms with Gasteiger partial charge in [-0.2, -0.15) is 0 Å². The van der Waals surface area contributed by atoms with Gasteiger partial charge in [0.25, 0.3) is 0 Å². The molecule has 3 N–H and O–H groups in total. The van der Waals surface area contributed by atoms with Crippen molar-refractivity contribution in [1.29, 1.82) is 0 Å². The number of hydrogen-bond acceptors (Lipinski definition) is 3. The molecule has 0 aliphatic heterocycles. The number of hydrogen-bond donors (Lipinski definition) is 3.